The fourth-order valence-corrected chi connectivity index (χ4v) is 3.87. The van der Waals surface area contributed by atoms with E-state index in [0.717, 1.165) is 5.56 Å². The SMILES string of the molecule is Cc1ccc(NC(=O)c2ccccc2)cc1N(c1cc(Nc2ccc(OC(F)(F)F)cc2)ncn1)c1ncc[nH]1. The molecule has 0 saturated carbocycles. The van der Waals surface area contributed by atoms with E-state index >= 15 is 0 Å². The summed E-state index contributed by atoms with van der Waals surface area (Å²) in [5.74, 6) is 0.713. The highest BCUT2D eigenvalue weighted by Gasteiger charge is 2.31. The minimum Gasteiger partial charge on any atom is -0.406 e. The largest absolute Gasteiger partial charge is 0.573 e. The molecule has 0 unspecified atom stereocenters. The van der Waals surface area contributed by atoms with Crippen molar-refractivity contribution in [1.29, 1.82) is 0 Å². The number of benzene rings is 3. The maximum atomic E-state index is 12.8. The molecule has 0 aliphatic carbocycles. The third-order valence-corrected chi connectivity index (χ3v) is 5.68. The Morgan fingerprint density at radius 3 is 2.38 bits per heavy atom. The van der Waals surface area contributed by atoms with Crippen molar-refractivity contribution in [3.05, 3.63) is 109 Å². The lowest BCUT2D eigenvalue weighted by Crippen LogP contribution is -2.17. The van der Waals surface area contributed by atoms with E-state index < -0.39 is 6.36 Å². The van der Waals surface area contributed by atoms with Crippen LogP contribution in [0.5, 0.6) is 5.75 Å². The molecule has 9 nitrogen and oxygen atoms in total. The lowest BCUT2D eigenvalue weighted by Gasteiger charge is -2.24. The lowest BCUT2D eigenvalue weighted by molar-refractivity contribution is -0.274. The van der Waals surface area contributed by atoms with Crippen LogP contribution in [0.25, 0.3) is 0 Å². The normalized spacial score (nSPS) is 11.1. The van der Waals surface area contributed by atoms with Gasteiger partial charge in [-0.2, -0.15) is 0 Å². The molecule has 2 heterocycles. The molecular formula is C28H22F3N7O2. The smallest absolute Gasteiger partial charge is 0.406 e. The molecule has 0 aliphatic heterocycles. The number of rotatable bonds is 8. The highest BCUT2D eigenvalue weighted by Crippen LogP contribution is 2.36. The zero-order chi connectivity index (χ0) is 28.1. The van der Waals surface area contributed by atoms with Crippen molar-refractivity contribution in [3.63, 3.8) is 0 Å². The van der Waals surface area contributed by atoms with Gasteiger partial charge in [-0.15, -0.1) is 13.2 Å². The van der Waals surface area contributed by atoms with Gasteiger partial charge in [-0.05, 0) is 61.0 Å². The standard InChI is InChI=1S/C28H22F3N7O2/c1-18-7-8-21(37-26(39)19-5-3-2-4-6-19)15-23(18)38(27-32-13-14-33-27)25-16-24(34-17-35-25)36-20-9-11-22(12-10-20)40-28(29,30)31/h2-17H,1H3,(H,32,33)(H,37,39)(H,34,35,36). The van der Waals surface area contributed by atoms with Crippen molar-refractivity contribution in [1.82, 2.24) is 19.9 Å². The first-order valence-corrected chi connectivity index (χ1v) is 12.0. The number of aromatic amines is 1. The molecule has 0 atom stereocenters. The van der Waals surface area contributed by atoms with E-state index in [1.165, 1.54) is 30.6 Å². The molecule has 0 radical (unpaired) electrons. The summed E-state index contributed by atoms with van der Waals surface area (Å²) in [6, 6.07) is 21.3. The second-order valence-corrected chi connectivity index (χ2v) is 8.53. The number of ether oxygens (including phenoxy) is 1. The number of H-pyrrole nitrogens is 1. The number of hydrogen-bond donors (Lipinski definition) is 3. The molecule has 2 aromatic heterocycles. The average molecular weight is 546 g/mol. The zero-order valence-corrected chi connectivity index (χ0v) is 21.0. The molecule has 0 bridgehead atoms. The van der Waals surface area contributed by atoms with Crippen LogP contribution < -0.4 is 20.3 Å². The molecule has 202 valence electrons. The van der Waals surface area contributed by atoms with Crippen LogP contribution in [0.4, 0.5) is 47.8 Å². The zero-order valence-electron chi connectivity index (χ0n) is 21.0. The Bertz CT molecular complexity index is 1590. The Morgan fingerprint density at radius 2 is 1.68 bits per heavy atom. The van der Waals surface area contributed by atoms with E-state index in [1.54, 1.807) is 53.7 Å². The monoisotopic (exact) mass is 545 g/mol. The van der Waals surface area contributed by atoms with Gasteiger partial charge in [-0.25, -0.2) is 15.0 Å². The van der Waals surface area contributed by atoms with Gasteiger partial charge in [0.25, 0.3) is 5.91 Å². The molecule has 40 heavy (non-hydrogen) atoms. The van der Waals surface area contributed by atoms with E-state index in [2.05, 4.69) is 35.3 Å². The molecule has 12 heteroatoms. The molecule has 3 aromatic carbocycles. The van der Waals surface area contributed by atoms with E-state index in [0.29, 0.717) is 40.2 Å². The lowest BCUT2D eigenvalue weighted by atomic mass is 10.1. The summed E-state index contributed by atoms with van der Waals surface area (Å²) in [5.41, 5.74) is 3.16. The summed E-state index contributed by atoms with van der Waals surface area (Å²) in [4.78, 5) is 30.7. The van der Waals surface area contributed by atoms with Crippen LogP contribution in [0, 0.1) is 6.92 Å². The third kappa shape index (κ3) is 6.35. The number of aryl methyl sites for hydroxylation is 1. The second-order valence-electron chi connectivity index (χ2n) is 8.53. The second kappa shape index (κ2) is 11.2. The number of nitrogens with one attached hydrogen (secondary N) is 3. The fourth-order valence-electron chi connectivity index (χ4n) is 3.87. The third-order valence-electron chi connectivity index (χ3n) is 5.68. The van der Waals surface area contributed by atoms with E-state index in [1.807, 2.05) is 25.1 Å². The molecule has 5 rings (SSSR count). The maximum absolute atomic E-state index is 12.8. The van der Waals surface area contributed by atoms with Crippen LogP contribution >= 0.6 is 0 Å². The van der Waals surface area contributed by atoms with E-state index in [-0.39, 0.29) is 11.7 Å². The highest BCUT2D eigenvalue weighted by molar-refractivity contribution is 6.04. The molecule has 0 spiro atoms. The predicted octanol–water partition coefficient (Wildman–Crippen LogP) is 6.87. The molecule has 0 aliphatic rings. The van der Waals surface area contributed by atoms with Crippen molar-refractivity contribution < 1.29 is 22.7 Å². The molecular weight excluding hydrogens is 523 g/mol. The van der Waals surface area contributed by atoms with Gasteiger partial charge in [-0.1, -0.05) is 24.3 Å². The number of carbonyl (C=O) groups excluding carboxylic acids is 1. The Labute approximate surface area is 226 Å². The van der Waals surface area contributed by atoms with Gasteiger partial charge in [0.15, 0.2) is 0 Å². The topological polar surface area (TPSA) is 108 Å². The Hall–Kier alpha value is -5.39. The number of halogens is 3. The van der Waals surface area contributed by atoms with Gasteiger partial charge in [0.05, 0.1) is 5.69 Å². The van der Waals surface area contributed by atoms with Crippen LogP contribution in [0.1, 0.15) is 15.9 Å². The highest BCUT2D eigenvalue weighted by atomic mass is 19.4. The summed E-state index contributed by atoms with van der Waals surface area (Å²) >= 11 is 0. The number of amides is 1. The number of carbonyl (C=O) groups is 1. The van der Waals surface area contributed by atoms with Crippen molar-refractivity contribution in [2.24, 2.45) is 0 Å². The number of aromatic nitrogens is 4. The summed E-state index contributed by atoms with van der Waals surface area (Å²) in [6.45, 7) is 1.92. The number of nitrogens with zero attached hydrogens (tertiary/aromatic N) is 4. The molecule has 5 aromatic rings. The quantitative estimate of drug-likeness (QED) is 0.195. The summed E-state index contributed by atoms with van der Waals surface area (Å²) in [5, 5.41) is 5.97. The van der Waals surface area contributed by atoms with E-state index in [4.69, 9.17) is 0 Å². The summed E-state index contributed by atoms with van der Waals surface area (Å²) < 4.78 is 41.3. The van der Waals surface area contributed by atoms with Gasteiger partial charge >= 0.3 is 6.36 Å². The minimum atomic E-state index is -4.77. The molecule has 1 amide bonds. The number of hydrogen-bond acceptors (Lipinski definition) is 7. The maximum Gasteiger partial charge on any atom is 0.573 e. The fraction of sp³-hybridized carbons (Fsp3) is 0.0714. The Balaban J connectivity index is 1.43. The van der Waals surface area contributed by atoms with Crippen molar-refractivity contribution in [2.75, 3.05) is 15.5 Å². The number of alkyl halides is 3. The molecule has 0 fully saturated rings. The van der Waals surface area contributed by atoms with Crippen LogP contribution in [-0.2, 0) is 0 Å². The Morgan fingerprint density at radius 1 is 0.925 bits per heavy atom. The number of imidazole rings is 1. The van der Waals surface area contributed by atoms with Crippen LogP contribution in [0.15, 0.2) is 97.6 Å². The van der Waals surface area contributed by atoms with Crippen LogP contribution in [-0.4, -0.2) is 32.2 Å². The summed E-state index contributed by atoms with van der Waals surface area (Å²) in [7, 11) is 0. The first-order valence-electron chi connectivity index (χ1n) is 12.0. The van der Waals surface area contributed by atoms with Gasteiger partial charge in [-0.3, -0.25) is 9.69 Å². The van der Waals surface area contributed by atoms with Gasteiger partial charge < -0.3 is 20.4 Å². The minimum absolute atomic E-state index is 0.250. The van der Waals surface area contributed by atoms with Gasteiger partial charge in [0.2, 0.25) is 5.95 Å². The molecule has 3 N–H and O–H groups in total. The summed E-state index contributed by atoms with van der Waals surface area (Å²) in [6.07, 6.45) is -0.149. The van der Waals surface area contributed by atoms with Gasteiger partial charge in [0.1, 0.15) is 23.7 Å². The van der Waals surface area contributed by atoms with Crippen molar-refractivity contribution in [3.8, 4) is 5.75 Å². The number of anilines is 6. The first-order chi connectivity index (χ1) is 19.2. The molecule has 0 saturated heterocycles. The van der Waals surface area contributed by atoms with Crippen molar-refractivity contribution in [2.45, 2.75) is 13.3 Å². The van der Waals surface area contributed by atoms with Crippen LogP contribution in [0.2, 0.25) is 0 Å². The van der Waals surface area contributed by atoms with Crippen molar-refractivity contribution >= 4 is 40.6 Å². The van der Waals surface area contributed by atoms with E-state index in [9.17, 15) is 18.0 Å². The van der Waals surface area contributed by atoms with Crippen LogP contribution in [0.3, 0.4) is 0 Å². The first kappa shape index (κ1) is 26.2. The average Bonchev–Trinajstić information content (AvgIpc) is 3.46. The Kier molecular flexibility index (Phi) is 7.31. The van der Waals surface area contributed by atoms with Gasteiger partial charge in [0, 0.05) is 35.4 Å². The predicted molar refractivity (Wildman–Crippen MR) is 144 cm³/mol.